The normalized spacial score (nSPS) is 15.5. The van der Waals surface area contributed by atoms with Gasteiger partial charge in [0, 0.05) is 0 Å². The molecule has 0 bridgehead atoms. The van der Waals surface area contributed by atoms with Gasteiger partial charge in [-0.25, -0.2) is 0 Å². The second-order valence-corrected chi connectivity index (χ2v) is 4.25. The first kappa shape index (κ1) is 10.1. The van der Waals surface area contributed by atoms with Crippen LogP contribution in [0.5, 0.6) is 5.75 Å². The lowest BCUT2D eigenvalue weighted by Gasteiger charge is -2.25. The maximum Gasteiger partial charge on any atom is 0.134 e. The lowest BCUT2D eigenvalue weighted by molar-refractivity contribution is 0.180. The predicted molar refractivity (Wildman–Crippen MR) is 62.0 cm³/mol. The third-order valence-electron chi connectivity index (χ3n) is 2.99. The van der Waals surface area contributed by atoms with Gasteiger partial charge in [0.2, 0.25) is 0 Å². The molecule has 1 aliphatic carbocycles. The second-order valence-electron chi connectivity index (χ2n) is 4.25. The minimum absolute atomic E-state index is 0.747. The quantitative estimate of drug-likeness (QED) is 0.681. The molecule has 0 atom stereocenters. The van der Waals surface area contributed by atoms with Crippen molar-refractivity contribution in [1.82, 2.24) is 0 Å². The van der Waals surface area contributed by atoms with E-state index in [1.807, 2.05) is 25.1 Å². The summed E-state index contributed by atoms with van der Waals surface area (Å²) in [6.45, 7) is 2.86. The Morgan fingerprint density at radius 2 is 2.27 bits per heavy atom. The van der Waals surface area contributed by atoms with Crippen LogP contribution in [-0.2, 0) is 0 Å². The maximum absolute atomic E-state index is 5.74. The Labute approximate surface area is 91.5 Å². The van der Waals surface area contributed by atoms with E-state index in [9.17, 15) is 0 Å². The van der Waals surface area contributed by atoms with E-state index in [4.69, 9.17) is 11.2 Å². The van der Waals surface area contributed by atoms with Gasteiger partial charge < -0.3 is 4.74 Å². The highest BCUT2D eigenvalue weighted by Crippen LogP contribution is 2.28. The van der Waals surface area contributed by atoms with Crippen LogP contribution in [0.3, 0.4) is 0 Å². The molecule has 0 amide bonds. The van der Waals surface area contributed by atoms with Crippen LogP contribution < -0.4 is 4.74 Å². The van der Waals surface area contributed by atoms with Gasteiger partial charge in [-0.05, 0) is 43.4 Å². The van der Waals surface area contributed by atoms with Crippen molar-refractivity contribution in [1.29, 1.82) is 0 Å². The minimum atomic E-state index is 0.747. The van der Waals surface area contributed by atoms with E-state index in [-0.39, 0.29) is 0 Å². The van der Waals surface area contributed by atoms with Crippen LogP contribution in [0.1, 0.15) is 30.4 Å². The number of benzene rings is 1. The molecule has 0 aromatic heterocycles. The highest BCUT2D eigenvalue weighted by molar-refractivity contribution is 5.46. The van der Waals surface area contributed by atoms with E-state index in [1.165, 1.54) is 24.8 Å². The van der Waals surface area contributed by atoms with Crippen LogP contribution in [0, 0.1) is 25.2 Å². The van der Waals surface area contributed by atoms with Crippen molar-refractivity contribution in [3.8, 4) is 18.1 Å². The van der Waals surface area contributed by atoms with E-state index in [0.717, 1.165) is 23.8 Å². The van der Waals surface area contributed by atoms with Crippen LogP contribution in [0.2, 0.25) is 0 Å². The summed E-state index contributed by atoms with van der Waals surface area (Å²) in [5, 5.41) is 0. The third-order valence-corrected chi connectivity index (χ3v) is 2.99. The van der Waals surface area contributed by atoms with Gasteiger partial charge in [0.25, 0.3) is 0 Å². The molecule has 1 aromatic rings. The van der Waals surface area contributed by atoms with Gasteiger partial charge in [0.1, 0.15) is 5.75 Å². The zero-order valence-electron chi connectivity index (χ0n) is 9.12. The van der Waals surface area contributed by atoms with Gasteiger partial charge in [-0.3, -0.25) is 0 Å². The van der Waals surface area contributed by atoms with Gasteiger partial charge >= 0.3 is 0 Å². The standard InChI is InChI=1S/C14H16O/c1-3-13-9-11(2)7-8-14(13)15-10-12-5-4-6-12/h1,7-9,12H,4-6,10H2,2H3. The summed E-state index contributed by atoms with van der Waals surface area (Å²) in [5.74, 6) is 4.27. The lowest BCUT2D eigenvalue weighted by atomic mass is 9.86. The average Bonchev–Trinajstić information content (AvgIpc) is 2.17. The molecule has 1 heteroatoms. The average molecular weight is 200 g/mol. The molecule has 0 N–H and O–H groups in total. The van der Waals surface area contributed by atoms with Gasteiger partial charge in [-0.1, -0.05) is 18.4 Å². The summed E-state index contributed by atoms with van der Waals surface area (Å²) in [4.78, 5) is 0. The van der Waals surface area contributed by atoms with E-state index in [2.05, 4.69) is 5.92 Å². The molecular weight excluding hydrogens is 184 g/mol. The number of rotatable bonds is 3. The Kier molecular flexibility index (Phi) is 2.97. The number of aryl methyl sites for hydroxylation is 1. The van der Waals surface area contributed by atoms with Gasteiger partial charge in [0.05, 0.1) is 12.2 Å². The molecule has 0 heterocycles. The van der Waals surface area contributed by atoms with Crippen molar-refractivity contribution in [3.63, 3.8) is 0 Å². The highest BCUT2D eigenvalue weighted by Gasteiger charge is 2.18. The summed E-state index contributed by atoms with van der Waals surface area (Å²) in [5.41, 5.74) is 2.05. The first-order valence-corrected chi connectivity index (χ1v) is 5.49. The van der Waals surface area contributed by atoms with Crippen molar-refractivity contribution in [2.24, 2.45) is 5.92 Å². The van der Waals surface area contributed by atoms with Crippen LogP contribution in [0.15, 0.2) is 18.2 Å². The summed E-state index contributed by atoms with van der Waals surface area (Å²) in [7, 11) is 0. The third kappa shape index (κ3) is 2.33. The molecule has 1 nitrogen and oxygen atoms in total. The Morgan fingerprint density at radius 3 is 2.87 bits per heavy atom. The molecule has 1 aromatic carbocycles. The first-order chi connectivity index (χ1) is 7.29. The van der Waals surface area contributed by atoms with Gasteiger partial charge in [-0.15, -0.1) is 6.42 Å². The van der Waals surface area contributed by atoms with Crippen LogP contribution in [0.4, 0.5) is 0 Å². The van der Waals surface area contributed by atoms with Crippen molar-refractivity contribution < 1.29 is 4.74 Å². The summed E-state index contributed by atoms with van der Waals surface area (Å²) < 4.78 is 5.74. The Balaban J connectivity index is 2.03. The van der Waals surface area contributed by atoms with Crippen molar-refractivity contribution in [3.05, 3.63) is 29.3 Å². The molecular formula is C14H16O. The van der Waals surface area contributed by atoms with E-state index in [1.54, 1.807) is 0 Å². The fraction of sp³-hybridized carbons (Fsp3) is 0.429. The van der Waals surface area contributed by atoms with Crippen molar-refractivity contribution in [2.45, 2.75) is 26.2 Å². The minimum Gasteiger partial charge on any atom is -0.492 e. The van der Waals surface area contributed by atoms with Crippen molar-refractivity contribution >= 4 is 0 Å². The molecule has 0 radical (unpaired) electrons. The van der Waals surface area contributed by atoms with Crippen LogP contribution >= 0.6 is 0 Å². The smallest absolute Gasteiger partial charge is 0.134 e. The molecule has 0 unspecified atom stereocenters. The predicted octanol–water partition coefficient (Wildman–Crippen LogP) is 3.16. The van der Waals surface area contributed by atoms with E-state index < -0.39 is 0 Å². The molecule has 2 rings (SSSR count). The molecule has 0 aliphatic heterocycles. The number of hydrogen-bond acceptors (Lipinski definition) is 1. The van der Waals surface area contributed by atoms with Crippen LogP contribution in [0.25, 0.3) is 0 Å². The summed E-state index contributed by atoms with van der Waals surface area (Å²) >= 11 is 0. The van der Waals surface area contributed by atoms with Gasteiger partial charge in [0.15, 0.2) is 0 Å². The maximum atomic E-state index is 5.74. The summed E-state index contributed by atoms with van der Waals surface area (Å²) in [6, 6.07) is 6.01. The molecule has 0 spiro atoms. The Bertz CT molecular complexity index is 383. The SMILES string of the molecule is C#Cc1cc(C)ccc1OCC1CCC1. The van der Waals surface area contributed by atoms with E-state index in [0.29, 0.717) is 0 Å². The molecule has 1 saturated carbocycles. The zero-order valence-corrected chi connectivity index (χ0v) is 9.12. The summed E-state index contributed by atoms with van der Waals surface area (Å²) in [6.07, 6.45) is 9.40. The highest BCUT2D eigenvalue weighted by atomic mass is 16.5. The Morgan fingerprint density at radius 1 is 1.47 bits per heavy atom. The largest absolute Gasteiger partial charge is 0.492 e. The van der Waals surface area contributed by atoms with E-state index >= 15 is 0 Å². The molecule has 0 saturated heterocycles. The topological polar surface area (TPSA) is 9.23 Å². The number of terminal acetylenes is 1. The number of ether oxygens (including phenoxy) is 1. The zero-order chi connectivity index (χ0) is 10.7. The molecule has 78 valence electrons. The molecule has 15 heavy (non-hydrogen) atoms. The van der Waals surface area contributed by atoms with Crippen molar-refractivity contribution in [2.75, 3.05) is 6.61 Å². The Hall–Kier alpha value is -1.42. The van der Waals surface area contributed by atoms with Crippen LogP contribution in [-0.4, -0.2) is 6.61 Å². The fourth-order valence-electron chi connectivity index (χ4n) is 1.75. The number of hydrogen-bond donors (Lipinski definition) is 0. The lowest BCUT2D eigenvalue weighted by Crippen LogP contribution is -2.19. The van der Waals surface area contributed by atoms with Gasteiger partial charge in [-0.2, -0.15) is 0 Å². The fourth-order valence-corrected chi connectivity index (χ4v) is 1.75. The second kappa shape index (κ2) is 4.40. The molecule has 1 aliphatic rings. The first-order valence-electron chi connectivity index (χ1n) is 5.49. The molecule has 1 fully saturated rings. The monoisotopic (exact) mass is 200 g/mol.